The van der Waals surface area contributed by atoms with Gasteiger partial charge in [0, 0.05) is 0 Å². The van der Waals surface area contributed by atoms with Crippen LogP contribution in [-0.4, -0.2) is 41.3 Å². The molecule has 1 aliphatic rings. The van der Waals surface area contributed by atoms with E-state index in [-0.39, 0.29) is 17.4 Å². The minimum absolute atomic E-state index is 0.0637. The van der Waals surface area contributed by atoms with Gasteiger partial charge in [-0.15, -0.1) is 0 Å². The van der Waals surface area contributed by atoms with Crippen molar-refractivity contribution < 1.29 is 15.0 Å². The fourth-order valence-electron chi connectivity index (χ4n) is 3.57. The topological polar surface area (TPSA) is 64.0 Å². The molecule has 1 heterocycles. The Balaban J connectivity index is 1.77. The summed E-state index contributed by atoms with van der Waals surface area (Å²) in [6, 6.07) is 22.1. The average molecular weight is 477 g/mol. The van der Waals surface area contributed by atoms with E-state index in [0.717, 1.165) is 17.7 Å². The van der Waals surface area contributed by atoms with Gasteiger partial charge in [0.15, 0.2) is 0 Å². The molecule has 0 saturated carbocycles. The number of hydrogen-bond acceptors (Lipinski definition) is 4. The fraction of sp³-hybridized carbons (Fsp3) is 0.120. The zero-order valence-corrected chi connectivity index (χ0v) is 18.7. The van der Waals surface area contributed by atoms with Crippen LogP contribution >= 0.6 is 0 Å². The summed E-state index contributed by atoms with van der Waals surface area (Å²) < 4.78 is 0.675. The van der Waals surface area contributed by atoms with Crippen LogP contribution in [0.5, 0.6) is 11.5 Å². The fourth-order valence-corrected chi connectivity index (χ4v) is 4.30. The number of rotatable bonds is 5. The maximum absolute atomic E-state index is 13.5. The summed E-state index contributed by atoms with van der Waals surface area (Å²) in [5.41, 5.74) is 4.01. The number of amides is 1. The van der Waals surface area contributed by atoms with Gasteiger partial charge in [-0.1, -0.05) is 0 Å². The van der Waals surface area contributed by atoms with Gasteiger partial charge >= 0.3 is 189 Å². The molecule has 3 aromatic rings. The van der Waals surface area contributed by atoms with E-state index in [4.69, 9.17) is 0 Å². The number of carbonyl (C=O) groups is 1. The molecule has 0 atom stereocenters. The third-order valence-electron chi connectivity index (χ3n) is 5.15. The second kappa shape index (κ2) is 8.80. The number of phenols is 2. The molecule has 0 radical (unpaired) electrons. The molecule has 1 saturated heterocycles. The third kappa shape index (κ3) is 4.41. The first-order valence-electron chi connectivity index (χ1n) is 10.00. The number of aryl methyl sites for hydroxylation is 1. The molecule has 0 spiro atoms. The van der Waals surface area contributed by atoms with Crippen LogP contribution in [0.3, 0.4) is 0 Å². The van der Waals surface area contributed by atoms with E-state index in [9.17, 15) is 15.0 Å². The van der Waals surface area contributed by atoms with E-state index in [1.54, 1.807) is 11.0 Å². The van der Waals surface area contributed by atoms with Crippen molar-refractivity contribution in [3.05, 3.63) is 95.2 Å². The molecule has 2 N–H and O–H groups in total. The summed E-state index contributed by atoms with van der Waals surface area (Å²) >= 11 is 3.06. The van der Waals surface area contributed by atoms with Crippen molar-refractivity contribution in [3.8, 4) is 11.5 Å². The van der Waals surface area contributed by atoms with Crippen molar-refractivity contribution in [2.24, 2.45) is 0 Å². The van der Waals surface area contributed by atoms with Gasteiger partial charge in [0.25, 0.3) is 0 Å². The molecule has 0 bridgehead atoms. The molecule has 3 aromatic carbocycles. The minimum atomic E-state index is -0.184. The molecule has 1 fully saturated rings. The van der Waals surface area contributed by atoms with E-state index in [1.165, 1.54) is 23.8 Å². The molecule has 0 unspecified atom stereocenters. The van der Waals surface area contributed by atoms with Gasteiger partial charge in [-0.3, -0.25) is 0 Å². The van der Waals surface area contributed by atoms with E-state index < -0.39 is 0 Å². The summed E-state index contributed by atoms with van der Waals surface area (Å²) in [6.07, 6.45) is 2.61. The van der Waals surface area contributed by atoms with Crippen molar-refractivity contribution in [1.82, 2.24) is 4.90 Å². The Morgan fingerprint density at radius 1 is 0.903 bits per heavy atom. The Labute approximate surface area is 189 Å². The second-order valence-corrected chi connectivity index (χ2v) is 8.09. The molecule has 156 valence electrons. The Bertz CT molecular complexity index is 1140. The quantitative estimate of drug-likeness (QED) is 0.434. The van der Waals surface area contributed by atoms with Crippen molar-refractivity contribution >= 4 is 37.9 Å². The van der Waals surface area contributed by atoms with Gasteiger partial charge in [0.1, 0.15) is 0 Å². The summed E-state index contributed by atoms with van der Waals surface area (Å²) in [5, 5.41) is 19.7. The average Bonchev–Trinajstić information content (AvgIpc) is 2.98. The van der Waals surface area contributed by atoms with E-state index in [2.05, 4.69) is 22.5 Å². The molecule has 31 heavy (non-hydrogen) atoms. The monoisotopic (exact) mass is 478 g/mol. The van der Waals surface area contributed by atoms with Crippen molar-refractivity contribution in [2.45, 2.75) is 19.9 Å². The molecule has 0 aromatic heterocycles. The maximum atomic E-state index is 13.5. The zero-order valence-electron chi connectivity index (χ0n) is 17.0. The number of anilines is 1. The van der Waals surface area contributed by atoms with Crippen molar-refractivity contribution in [1.29, 1.82) is 0 Å². The van der Waals surface area contributed by atoms with Gasteiger partial charge < -0.3 is 0 Å². The van der Waals surface area contributed by atoms with Gasteiger partial charge in [-0.2, -0.15) is 0 Å². The molecular weight excluding hydrogens is 455 g/mol. The Morgan fingerprint density at radius 3 is 2.16 bits per heavy atom. The van der Waals surface area contributed by atoms with Crippen LogP contribution in [0.4, 0.5) is 5.69 Å². The van der Waals surface area contributed by atoms with E-state index in [0.29, 0.717) is 22.5 Å². The molecule has 1 amide bonds. The van der Waals surface area contributed by atoms with Crippen LogP contribution in [0.2, 0.25) is 0 Å². The predicted octanol–water partition coefficient (Wildman–Crippen LogP) is 3.81. The van der Waals surface area contributed by atoms with Crippen LogP contribution in [0.1, 0.15) is 23.6 Å². The standard InChI is InChI=1S/C25H22N2O3Se/c1-2-17-8-10-20(11-9-17)27-24(30)23(14-19-12-21(28)15-22(29)13-19)26(25(27)31)16-18-6-4-3-5-7-18/h3-15,28-29H,2,16H2,1H3/b23-14+. The Hall–Kier alpha value is -3.34. The van der Waals surface area contributed by atoms with Gasteiger partial charge in [0.05, 0.1) is 0 Å². The summed E-state index contributed by atoms with van der Waals surface area (Å²) in [5.74, 6) is -0.311. The van der Waals surface area contributed by atoms with E-state index >= 15 is 0 Å². The normalized spacial score (nSPS) is 15.2. The second-order valence-electron chi connectivity index (χ2n) is 7.33. The predicted molar refractivity (Wildman–Crippen MR) is 124 cm³/mol. The number of benzene rings is 3. The van der Waals surface area contributed by atoms with Crippen LogP contribution in [0.25, 0.3) is 6.08 Å². The molecule has 4 rings (SSSR count). The molecular formula is C25H22N2O3Se. The van der Waals surface area contributed by atoms with Crippen LogP contribution < -0.4 is 4.90 Å². The number of aromatic hydroxyl groups is 2. The summed E-state index contributed by atoms with van der Waals surface area (Å²) in [4.78, 5) is 17.1. The molecule has 0 aliphatic carbocycles. The SMILES string of the molecule is CCc1ccc(N2C(=O)/C(=C\c3cc(O)cc(O)c3)N(Cc3ccccc3)C2=[Se])cc1. The van der Waals surface area contributed by atoms with Crippen LogP contribution in [0.15, 0.2) is 78.5 Å². The Kier molecular flexibility index (Phi) is 5.94. The molecule has 6 heteroatoms. The van der Waals surface area contributed by atoms with Crippen molar-refractivity contribution in [2.75, 3.05) is 4.90 Å². The first-order chi connectivity index (χ1) is 15.0. The zero-order chi connectivity index (χ0) is 22.0. The summed E-state index contributed by atoms with van der Waals surface area (Å²) in [6.45, 7) is 2.59. The molecule has 5 nitrogen and oxygen atoms in total. The number of carbonyl (C=O) groups excluding carboxylic acids is 1. The van der Waals surface area contributed by atoms with Crippen LogP contribution in [-0.2, 0) is 17.8 Å². The first-order valence-corrected chi connectivity index (χ1v) is 10.9. The first kappa shape index (κ1) is 20.9. The van der Waals surface area contributed by atoms with Gasteiger partial charge in [-0.25, -0.2) is 0 Å². The summed E-state index contributed by atoms with van der Waals surface area (Å²) in [7, 11) is 0. The van der Waals surface area contributed by atoms with Gasteiger partial charge in [0.2, 0.25) is 0 Å². The number of hydrogen-bond donors (Lipinski definition) is 2. The van der Waals surface area contributed by atoms with Crippen molar-refractivity contribution in [3.63, 3.8) is 0 Å². The Morgan fingerprint density at radius 2 is 1.55 bits per heavy atom. The van der Waals surface area contributed by atoms with Crippen LogP contribution in [0, 0.1) is 0 Å². The number of phenolic OH excluding ortho intramolecular Hbond substituents is 2. The third-order valence-corrected chi connectivity index (χ3v) is 6.00. The van der Waals surface area contributed by atoms with Gasteiger partial charge in [-0.05, 0) is 0 Å². The molecule has 1 aliphatic heterocycles. The van der Waals surface area contributed by atoms with E-state index in [1.807, 2.05) is 59.5 Å². The number of nitrogens with zero attached hydrogens (tertiary/aromatic N) is 2.